The normalized spacial score (nSPS) is 14.4. The predicted molar refractivity (Wildman–Crippen MR) is 145 cm³/mol. The van der Waals surface area contributed by atoms with Crippen LogP contribution in [-0.2, 0) is 10.0 Å². The van der Waals surface area contributed by atoms with Crippen molar-refractivity contribution < 1.29 is 13.2 Å². The fourth-order valence-electron chi connectivity index (χ4n) is 3.58. The summed E-state index contributed by atoms with van der Waals surface area (Å²) < 4.78 is 32.3. The molecule has 0 radical (unpaired) electrons. The van der Waals surface area contributed by atoms with E-state index in [2.05, 4.69) is 40.2 Å². The van der Waals surface area contributed by atoms with Crippen LogP contribution >= 0.6 is 0 Å². The summed E-state index contributed by atoms with van der Waals surface area (Å²) in [5.74, 6) is 2.31. The molecule has 1 aliphatic rings. The van der Waals surface area contributed by atoms with Gasteiger partial charge in [0.25, 0.3) is 0 Å². The number of aryl methyl sites for hydroxylation is 1. The highest BCUT2D eigenvalue weighted by Crippen LogP contribution is 2.24. The molecule has 3 N–H and O–H groups in total. The Morgan fingerprint density at radius 3 is 2.41 bits per heavy atom. The molecule has 3 heterocycles. The van der Waals surface area contributed by atoms with Gasteiger partial charge in [-0.2, -0.15) is 4.98 Å². The Bertz CT molecular complexity index is 1300. The van der Waals surface area contributed by atoms with Crippen LogP contribution in [0.3, 0.4) is 0 Å². The maximum absolute atomic E-state index is 12.5. The minimum atomic E-state index is -3.62. The largest absolute Gasteiger partial charge is 0.492 e. The van der Waals surface area contributed by atoms with Crippen molar-refractivity contribution in [2.75, 3.05) is 41.6 Å². The van der Waals surface area contributed by atoms with Crippen LogP contribution in [0.5, 0.6) is 5.75 Å². The summed E-state index contributed by atoms with van der Waals surface area (Å²) in [6, 6.07) is 9.18. The van der Waals surface area contributed by atoms with Crippen molar-refractivity contribution in [3.63, 3.8) is 0 Å². The number of benzene rings is 1. The first-order chi connectivity index (χ1) is 17.6. The van der Waals surface area contributed by atoms with Gasteiger partial charge >= 0.3 is 0 Å². The average molecular weight is 527 g/mol. The molecule has 1 aliphatic heterocycles. The average Bonchev–Trinajstić information content (AvgIpc) is 3.35. The number of hydrogen-bond acceptors (Lipinski definition) is 10. The molecule has 37 heavy (non-hydrogen) atoms. The topological polar surface area (TPSA) is 134 Å². The van der Waals surface area contributed by atoms with Crippen LogP contribution in [0.4, 0.5) is 29.1 Å². The van der Waals surface area contributed by atoms with Crippen molar-refractivity contribution in [2.45, 2.75) is 45.3 Å². The highest BCUT2D eigenvalue weighted by atomic mass is 32.2. The highest BCUT2D eigenvalue weighted by Gasteiger charge is 2.29. The highest BCUT2D eigenvalue weighted by molar-refractivity contribution is 7.94. The molecule has 0 atom stereocenters. The van der Waals surface area contributed by atoms with Crippen LogP contribution in [0.1, 0.15) is 39.2 Å². The lowest BCUT2D eigenvalue weighted by molar-refractivity contribution is 0.238. The second-order valence-corrected chi connectivity index (χ2v) is 12.3. The van der Waals surface area contributed by atoms with Crippen LogP contribution in [0.2, 0.25) is 0 Å². The second-order valence-electron chi connectivity index (χ2n) is 9.90. The Kier molecular flexibility index (Phi) is 8.08. The SMILES string of the molecule is Cc1cnc(Nc2ccc(OCCN3CCCC3)cc2)nc1Nc1cc(NS(=O)(=O)C(C)(C)C)ncn1. The number of ether oxygens (including phenoxy) is 1. The molecule has 0 aliphatic carbocycles. The molecule has 0 bridgehead atoms. The molecule has 11 nitrogen and oxygen atoms in total. The van der Waals surface area contributed by atoms with E-state index in [1.807, 2.05) is 31.2 Å². The summed E-state index contributed by atoms with van der Waals surface area (Å²) in [5.41, 5.74) is 1.62. The van der Waals surface area contributed by atoms with Crippen molar-refractivity contribution in [2.24, 2.45) is 0 Å². The van der Waals surface area contributed by atoms with Gasteiger partial charge in [-0.1, -0.05) is 0 Å². The Hall–Kier alpha value is -3.51. The van der Waals surface area contributed by atoms with E-state index < -0.39 is 14.8 Å². The monoisotopic (exact) mass is 526 g/mol. The number of sulfonamides is 1. The van der Waals surface area contributed by atoms with E-state index in [1.165, 1.54) is 25.2 Å². The summed E-state index contributed by atoms with van der Waals surface area (Å²) in [7, 11) is -3.62. The van der Waals surface area contributed by atoms with Crippen molar-refractivity contribution in [1.29, 1.82) is 0 Å². The van der Waals surface area contributed by atoms with Crippen molar-refractivity contribution >= 4 is 39.1 Å². The van der Waals surface area contributed by atoms with Gasteiger partial charge in [0.2, 0.25) is 16.0 Å². The summed E-state index contributed by atoms with van der Waals surface area (Å²) >= 11 is 0. The molecule has 12 heteroatoms. The van der Waals surface area contributed by atoms with E-state index in [1.54, 1.807) is 27.0 Å². The predicted octanol–water partition coefficient (Wildman–Crippen LogP) is 4.08. The molecule has 3 aromatic rings. The Morgan fingerprint density at radius 1 is 1.00 bits per heavy atom. The number of aromatic nitrogens is 4. The molecule has 1 fully saturated rings. The Balaban J connectivity index is 1.38. The van der Waals surface area contributed by atoms with Crippen molar-refractivity contribution in [3.8, 4) is 5.75 Å². The third-order valence-corrected chi connectivity index (χ3v) is 8.01. The van der Waals surface area contributed by atoms with Crippen LogP contribution in [0.25, 0.3) is 0 Å². The summed E-state index contributed by atoms with van der Waals surface area (Å²) in [4.78, 5) is 19.5. The van der Waals surface area contributed by atoms with E-state index in [9.17, 15) is 8.42 Å². The fraction of sp³-hybridized carbons (Fsp3) is 0.440. The van der Waals surface area contributed by atoms with Crippen LogP contribution in [0.15, 0.2) is 42.9 Å². The van der Waals surface area contributed by atoms with Gasteiger partial charge in [-0.25, -0.2) is 23.4 Å². The van der Waals surface area contributed by atoms with Gasteiger partial charge in [0.15, 0.2) is 0 Å². The van der Waals surface area contributed by atoms with Crippen molar-refractivity contribution in [3.05, 3.63) is 48.4 Å². The molecular formula is C25H34N8O3S. The lowest BCUT2D eigenvalue weighted by Gasteiger charge is -2.20. The molecule has 1 saturated heterocycles. The van der Waals surface area contributed by atoms with Gasteiger partial charge in [0.05, 0.1) is 4.75 Å². The standard InChI is InChI=1S/C25H34N8O3S/c1-18-16-26-24(29-19-7-9-20(10-8-19)36-14-13-33-11-5-6-12-33)31-23(18)30-21-15-22(28-17-27-21)32-37(34,35)25(2,3)4/h7-10,15-17H,5-6,11-14H2,1-4H3,(H3,26,27,28,29,30,31,32). The summed E-state index contributed by atoms with van der Waals surface area (Å²) in [5, 5.41) is 6.31. The first-order valence-corrected chi connectivity index (χ1v) is 13.7. The number of rotatable bonds is 10. The maximum atomic E-state index is 12.5. The third-order valence-electron chi connectivity index (χ3n) is 5.92. The third kappa shape index (κ3) is 7.26. The zero-order valence-corrected chi connectivity index (χ0v) is 22.5. The van der Waals surface area contributed by atoms with E-state index >= 15 is 0 Å². The zero-order valence-electron chi connectivity index (χ0n) is 21.7. The van der Waals surface area contributed by atoms with Gasteiger partial charge in [-0.15, -0.1) is 0 Å². The smallest absolute Gasteiger partial charge is 0.238 e. The molecule has 0 amide bonds. The molecule has 2 aromatic heterocycles. The molecule has 198 valence electrons. The van der Waals surface area contributed by atoms with Crippen LogP contribution in [-0.4, -0.2) is 64.2 Å². The number of hydrogen-bond donors (Lipinski definition) is 3. The lowest BCUT2D eigenvalue weighted by Crippen LogP contribution is -2.34. The van der Waals surface area contributed by atoms with Gasteiger partial charge in [0, 0.05) is 30.1 Å². The van der Waals surface area contributed by atoms with Crippen LogP contribution in [0, 0.1) is 6.92 Å². The van der Waals surface area contributed by atoms with Gasteiger partial charge in [-0.3, -0.25) is 9.62 Å². The summed E-state index contributed by atoms with van der Waals surface area (Å²) in [6.45, 7) is 10.7. The first-order valence-electron chi connectivity index (χ1n) is 12.3. The first kappa shape index (κ1) is 26.6. The van der Waals surface area contributed by atoms with E-state index in [-0.39, 0.29) is 5.82 Å². The minimum absolute atomic E-state index is 0.167. The Labute approximate surface area is 218 Å². The second kappa shape index (κ2) is 11.3. The molecular weight excluding hydrogens is 492 g/mol. The van der Waals surface area contributed by atoms with Gasteiger partial charge in [0.1, 0.15) is 36.1 Å². The molecule has 0 saturated carbocycles. The number of anilines is 5. The van der Waals surface area contributed by atoms with E-state index in [0.717, 1.165) is 36.6 Å². The van der Waals surface area contributed by atoms with Crippen molar-refractivity contribution in [1.82, 2.24) is 24.8 Å². The van der Waals surface area contributed by atoms with Crippen LogP contribution < -0.4 is 20.1 Å². The lowest BCUT2D eigenvalue weighted by atomic mass is 10.3. The molecule has 0 unspecified atom stereocenters. The Morgan fingerprint density at radius 2 is 1.70 bits per heavy atom. The molecule has 1 aromatic carbocycles. The number of nitrogens with one attached hydrogen (secondary N) is 3. The minimum Gasteiger partial charge on any atom is -0.492 e. The molecule has 0 spiro atoms. The summed E-state index contributed by atoms with van der Waals surface area (Å²) in [6.07, 6.45) is 5.53. The zero-order chi connectivity index (χ0) is 26.5. The number of nitrogens with zero attached hydrogens (tertiary/aromatic N) is 5. The molecule has 4 rings (SSSR count). The maximum Gasteiger partial charge on any atom is 0.238 e. The number of likely N-dealkylation sites (tertiary alicyclic amines) is 1. The van der Waals surface area contributed by atoms with E-state index in [4.69, 9.17) is 4.74 Å². The fourth-order valence-corrected chi connectivity index (χ4v) is 4.28. The van der Waals surface area contributed by atoms with Gasteiger partial charge < -0.3 is 15.4 Å². The van der Waals surface area contributed by atoms with Gasteiger partial charge in [-0.05, 0) is 77.9 Å². The van der Waals surface area contributed by atoms with E-state index in [0.29, 0.717) is 24.2 Å². The quantitative estimate of drug-likeness (QED) is 0.355.